The molecule has 0 saturated heterocycles. The highest BCUT2D eigenvalue weighted by atomic mass is 32.1. The van der Waals surface area contributed by atoms with Gasteiger partial charge in [-0.1, -0.05) is 23.0 Å². The van der Waals surface area contributed by atoms with E-state index in [4.69, 9.17) is 0 Å². The second-order valence-electron chi connectivity index (χ2n) is 4.22. The number of thiophene rings is 1. The van der Waals surface area contributed by atoms with Gasteiger partial charge in [-0.3, -0.25) is 14.9 Å². The Kier molecular flexibility index (Phi) is 4.64. The van der Waals surface area contributed by atoms with Crippen molar-refractivity contribution < 1.29 is 9.72 Å². The van der Waals surface area contributed by atoms with Crippen molar-refractivity contribution >= 4 is 22.2 Å². The summed E-state index contributed by atoms with van der Waals surface area (Å²) >= 11 is 0.899. The second kappa shape index (κ2) is 6.44. The van der Waals surface area contributed by atoms with Crippen molar-refractivity contribution in [3.63, 3.8) is 0 Å². The molecule has 7 heteroatoms. The summed E-state index contributed by atoms with van der Waals surface area (Å²) in [7, 11) is 0. The van der Waals surface area contributed by atoms with Crippen molar-refractivity contribution in [3.8, 4) is 0 Å². The smallest absolute Gasteiger partial charge is 0.324 e. The van der Waals surface area contributed by atoms with E-state index in [2.05, 4.69) is 16.7 Å². The highest BCUT2D eigenvalue weighted by Gasteiger charge is 2.14. The molecule has 1 aromatic heterocycles. The van der Waals surface area contributed by atoms with Crippen LogP contribution in [0.4, 0.5) is 5.00 Å². The minimum absolute atomic E-state index is 0.00814. The zero-order chi connectivity index (χ0) is 13.7. The van der Waals surface area contributed by atoms with Crippen LogP contribution >= 0.6 is 11.3 Å². The van der Waals surface area contributed by atoms with Gasteiger partial charge in [-0.2, -0.15) is 0 Å². The maximum absolute atomic E-state index is 11.8. The van der Waals surface area contributed by atoms with Crippen LogP contribution in [0, 0.1) is 10.1 Å². The molecule has 19 heavy (non-hydrogen) atoms. The van der Waals surface area contributed by atoms with E-state index in [9.17, 15) is 14.9 Å². The minimum atomic E-state index is -0.485. The lowest BCUT2D eigenvalue weighted by molar-refractivity contribution is -0.380. The lowest BCUT2D eigenvalue weighted by Gasteiger charge is -2.13. The van der Waals surface area contributed by atoms with E-state index in [-0.39, 0.29) is 10.9 Å². The summed E-state index contributed by atoms with van der Waals surface area (Å²) in [6.07, 6.45) is 3.99. The maximum Gasteiger partial charge on any atom is 0.324 e. The predicted molar refractivity (Wildman–Crippen MR) is 73.5 cm³/mol. The molecule has 6 nitrogen and oxygen atoms in total. The molecule has 0 fully saturated rings. The first kappa shape index (κ1) is 13.7. The molecular weight excluding hydrogens is 266 g/mol. The van der Waals surface area contributed by atoms with Gasteiger partial charge in [-0.05, 0) is 25.5 Å². The van der Waals surface area contributed by atoms with Crippen LogP contribution in [0.1, 0.15) is 22.5 Å². The normalized spacial score (nSPS) is 14.8. The van der Waals surface area contributed by atoms with Crippen molar-refractivity contribution in [2.75, 3.05) is 19.6 Å². The number of nitro groups is 1. The Labute approximate surface area is 114 Å². The zero-order valence-electron chi connectivity index (χ0n) is 10.3. The van der Waals surface area contributed by atoms with Crippen LogP contribution in [0.3, 0.4) is 0 Å². The largest absolute Gasteiger partial charge is 0.351 e. The monoisotopic (exact) mass is 281 g/mol. The third kappa shape index (κ3) is 3.87. The van der Waals surface area contributed by atoms with Gasteiger partial charge in [0.05, 0.1) is 9.80 Å². The van der Waals surface area contributed by atoms with Gasteiger partial charge in [0.25, 0.3) is 5.91 Å². The fourth-order valence-corrected chi connectivity index (χ4v) is 2.61. The van der Waals surface area contributed by atoms with Gasteiger partial charge < -0.3 is 10.6 Å². The highest BCUT2D eigenvalue weighted by molar-refractivity contribution is 7.17. The maximum atomic E-state index is 11.8. The van der Waals surface area contributed by atoms with Crippen LogP contribution < -0.4 is 10.6 Å². The number of amides is 1. The Hall–Kier alpha value is -1.73. The summed E-state index contributed by atoms with van der Waals surface area (Å²) in [6, 6.07) is 2.84. The van der Waals surface area contributed by atoms with E-state index >= 15 is 0 Å². The molecule has 0 spiro atoms. The number of hydrogen-bond donors (Lipinski definition) is 2. The summed E-state index contributed by atoms with van der Waals surface area (Å²) in [5.41, 5.74) is 1.34. The Morgan fingerprint density at radius 3 is 3.00 bits per heavy atom. The average molecular weight is 281 g/mol. The number of carbonyl (C=O) groups is 1. The third-order valence-electron chi connectivity index (χ3n) is 2.89. The first-order valence-corrected chi connectivity index (χ1v) is 6.89. The van der Waals surface area contributed by atoms with Gasteiger partial charge in [-0.15, -0.1) is 0 Å². The van der Waals surface area contributed by atoms with Crippen LogP contribution in [0.2, 0.25) is 0 Å². The Bertz CT molecular complexity index is 510. The summed E-state index contributed by atoms with van der Waals surface area (Å²) in [4.78, 5) is 22.2. The van der Waals surface area contributed by atoms with E-state index in [1.54, 1.807) is 0 Å². The molecule has 0 saturated carbocycles. The van der Waals surface area contributed by atoms with Crippen LogP contribution in [-0.4, -0.2) is 30.5 Å². The summed E-state index contributed by atoms with van der Waals surface area (Å²) in [5, 5.41) is 16.5. The summed E-state index contributed by atoms with van der Waals surface area (Å²) < 4.78 is 0. The van der Waals surface area contributed by atoms with Gasteiger partial charge in [0.1, 0.15) is 0 Å². The van der Waals surface area contributed by atoms with Crippen LogP contribution in [0.15, 0.2) is 23.8 Å². The highest BCUT2D eigenvalue weighted by Crippen LogP contribution is 2.23. The molecule has 0 unspecified atom stereocenters. The Morgan fingerprint density at radius 1 is 1.53 bits per heavy atom. The van der Waals surface area contributed by atoms with Crippen LogP contribution in [0.25, 0.3) is 0 Å². The average Bonchev–Trinajstić information content (AvgIpc) is 2.89. The fraction of sp³-hybridized carbons (Fsp3) is 0.417. The van der Waals surface area contributed by atoms with E-state index < -0.39 is 4.92 Å². The number of nitrogens with one attached hydrogen (secondary N) is 2. The van der Waals surface area contributed by atoms with Gasteiger partial charge in [0, 0.05) is 19.2 Å². The Morgan fingerprint density at radius 2 is 2.37 bits per heavy atom. The van der Waals surface area contributed by atoms with Crippen LogP contribution in [-0.2, 0) is 0 Å². The molecule has 1 aliphatic heterocycles. The van der Waals surface area contributed by atoms with Crippen molar-refractivity contribution in [2.24, 2.45) is 0 Å². The zero-order valence-corrected chi connectivity index (χ0v) is 11.2. The van der Waals surface area contributed by atoms with E-state index in [1.165, 1.54) is 17.7 Å². The third-order valence-corrected chi connectivity index (χ3v) is 3.92. The van der Waals surface area contributed by atoms with Gasteiger partial charge in [0.15, 0.2) is 0 Å². The lowest BCUT2D eigenvalue weighted by Crippen LogP contribution is -2.26. The molecule has 0 aliphatic carbocycles. The number of hydrogen-bond acceptors (Lipinski definition) is 5. The molecule has 0 radical (unpaired) electrons. The fourth-order valence-electron chi connectivity index (χ4n) is 1.87. The number of rotatable bonds is 5. The quantitative estimate of drug-likeness (QED) is 0.489. The minimum Gasteiger partial charge on any atom is -0.351 e. The molecule has 2 heterocycles. The molecule has 0 aromatic carbocycles. The summed E-state index contributed by atoms with van der Waals surface area (Å²) in [5.74, 6) is -0.243. The van der Waals surface area contributed by atoms with Gasteiger partial charge in [0.2, 0.25) is 0 Å². The first-order chi connectivity index (χ1) is 9.16. The molecule has 1 amide bonds. The Balaban J connectivity index is 1.80. The topological polar surface area (TPSA) is 84.3 Å². The summed E-state index contributed by atoms with van der Waals surface area (Å²) in [6.45, 7) is 2.44. The molecule has 1 aromatic rings. The van der Waals surface area contributed by atoms with E-state index in [0.717, 1.165) is 37.3 Å². The SMILES string of the molecule is O=C(NCCC1=CCNCC1)c1ccc([N+](=O)[O-])s1. The number of carbonyl (C=O) groups excluding carboxylic acids is 1. The van der Waals surface area contributed by atoms with Crippen molar-refractivity contribution in [1.29, 1.82) is 0 Å². The van der Waals surface area contributed by atoms with E-state index in [0.29, 0.717) is 11.4 Å². The predicted octanol–water partition coefficient (Wildman–Crippen LogP) is 1.70. The molecule has 0 atom stereocenters. The second-order valence-corrected chi connectivity index (χ2v) is 5.28. The molecule has 1 aliphatic rings. The molecule has 2 N–H and O–H groups in total. The van der Waals surface area contributed by atoms with Crippen molar-refractivity contribution in [1.82, 2.24) is 10.6 Å². The van der Waals surface area contributed by atoms with Gasteiger partial charge >= 0.3 is 5.00 Å². The molecule has 102 valence electrons. The van der Waals surface area contributed by atoms with Crippen molar-refractivity contribution in [2.45, 2.75) is 12.8 Å². The standard InChI is InChI=1S/C12H15N3O3S/c16-12(10-1-2-11(19-10)15(17)18)14-8-5-9-3-6-13-7-4-9/h1-3,13H,4-8H2,(H,14,16). The lowest BCUT2D eigenvalue weighted by atomic mass is 10.1. The first-order valence-electron chi connectivity index (χ1n) is 6.08. The van der Waals surface area contributed by atoms with Crippen molar-refractivity contribution in [3.05, 3.63) is 38.8 Å². The molecule has 2 rings (SSSR count). The number of nitrogens with zero attached hydrogens (tertiary/aromatic N) is 1. The van der Waals surface area contributed by atoms with Crippen LogP contribution in [0.5, 0.6) is 0 Å². The van der Waals surface area contributed by atoms with E-state index in [1.807, 2.05) is 0 Å². The molecular formula is C12H15N3O3S. The molecule has 0 bridgehead atoms. The van der Waals surface area contributed by atoms with Gasteiger partial charge in [-0.25, -0.2) is 0 Å².